The molecule has 0 N–H and O–H groups in total. The highest BCUT2D eigenvalue weighted by Gasteiger charge is 2.54. The summed E-state index contributed by atoms with van der Waals surface area (Å²) in [5.41, 5.74) is 11.1. The Morgan fingerprint density at radius 3 is 2.05 bits per heavy atom. The average molecular weight is 280 g/mol. The molecule has 0 fully saturated rings. The van der Waals surface area contributed by atoms with Gasteiger partial charge < -0.3 is 0 Å². The van der Waals surface area contributed by atoms with Crippen molar-refractivity contribution < 1.29 is 0 Å². The van der Waals surface area contributed by atoms with Gasteiger partial charge >= 0.3 is 0 Å². The van der Waals surface area contributed by atoms with Gasteiger partial charge in [-0.2, -0.15) is 0 Å². The van der Waals surface area contributed by atoms with Crippen LogP contribution in [-0.4, -0.2) is 0 Å². The summed E-state index contributed by atoms with van der Waals surface area (Å²) in [5, 5.41) is 0. The molecule has 4 aliphatic carbocycles. The van der Waals surface area contributed by atoms with E-state index in [4.69, 9.17) is 0 Å². The second-order valence-corrected chi connectivity index (χ2v) is 6.89. The van der Waals surface area contributed by atoms with Crippen LogP contribution in [0.4, 0.5) is 0 Å². The molecule has 0 aliphatic heterocycles. The van der Waals surface area contributed by atoms with Crippen LogP contribution in [0.3, 0.4) is 0 Å². The maximum Gasteiger partial charge on any atom is 0.0466 e. The van der Waals surface area contributed by atoms with E-state index >= 15 is 0 Å². The Hall–Kier alpha value is -2.34. The van der Waals surface area contributed by atoms with E-state index in [1.54, 1.807) is 27.8 Å². The molecule has 22 heavy (non-hydrogen) atoms. The summed E-state index contributed by atoms with van der Waals surface area (Å²) in [6.45, 7) is 0. The zero-order valence-electron chi connectivity index (χ0n) is 12.3. The quantitative estimate of drug-likeness (QED) is 0.556. The number of hydrogen-bond donors (Lipinski definition) is 0. The normalized spacial score (nSPS) is 25.5. The lowest BCUT2D eigenvalue weighted by atomic mass is 9.53. The molecule has 104 valence electrons. The lowest BCUT2D eigenvalue weighted by Crippen LogP contribution is -2.40. The fourth-order valence-corrected chi connectivity index (χ4v) is 5.50. The van der Waals surface area contributed by atoms with Crippen molar-refractivity contribution in [3.8, 4) is 0 Å². The first-order valence-electron chi connectivity index (χ1n) is 8.22. The van der Waals surface area contributed by atoms with E-state index in [2.05, 4.69) is 66.7 Å². The smallest absolute Gasteiger partial charge is 0.0466 e. The Balaban J connectivity index is 1.87. The van der Waals surface area contributed by atoms with Gasteiger partial charge in [-0.3, -0.25) is 0 Å². The van der Waals surface area contributed by atoms with Gasteiger partial charge in [0.25, 0.3) is 0 Å². The van der Waals surface area contributed by atoms with Crippen molar-refractivity contribution >= 4 is 0 Å². The summed E-state index contributed by atoms with van der Waals surface area (Å²) < 4.78 is 0. The number of benzene rings is 3. The molecule has 4 aliphatic rings. The highest BCUT2D eigenvalue weighted by atomic mass is 14.6. The molecule has 0 heterocycles. The van der Waals surface area contributed by atoms with Crippen molar-refractivity contribution in [3.05, 3.63) is 106 Å². The Kier molecular flexibility index (Phi) is 1.80. The van der Waals surface area contributed by atoms with E-state index in [9.17, 15) is 0 Å². The van der Waals surface area contributed by atoms with Crippen molar-refractivity contribution in [1.82, 2.24) is 0 Å². The van der Waals surface area contributed by atoms with Crippen molar-refractivity contribution in [3.63, 3.8) is 0 Å². The molecule has 0 saturated heterocycles. The molecule has 0 atom stereocenters. The predicted molar refractivity (Wildman–Crippen MR) is 88.5 cm³/mol. The molecular formula is C22H16. The minimum Gasteiger partial charge on any atom is -0.0619 e. The molecule has 0 heteroatoms. The average Bonchev–Trinajstić information content (AvgIpc) is 2.98. The molecule has 7 rings (SSSR count). The van der Waals surface area contributed by atoms with Crippen LogP contribution in [0.5, 0.6) is 0 Å². The highest BCUT2D eigenvalue weighted by molar-refractivity contribution is 5.74. The summed E-state index contributed by atoms with van der Waals surface area (Å²) in [7, 11) is 0. The van der Waals surface area contributed by atoms with Crippen LogP contribution in [0.25, 0.3) is 0 Å². The van der Waals surface area contributed by atoms with Gasteiger partial charge in [-0.25, -0.2) is 0 Å². The van der Waals surface area contributed by atoms with E-state index in [0.29, 0.717) is 5.92 Å². The van der Waals surface area contributed by atoms with E-state index in [-0.39, 0.29) is 5.41 Å². The van der Waals surface area contributed by atoms with Crippen LogP contribution < -0.4 is 0 Å². The van der Waals surface area contributed by atoms with E-state index in [1.807, 2.05) is 0 Å². The lowest BCUT2D eigenvalue weighted by molar-refractivity contribution is 0.545. The number of aryl methyl sites for hydroxylation is 1. The third-order valence-corrected chi connectivity index (χ3v) is 6.15. The van der Waals surface area contributed by atoms with Gasteiger partial charge in [0.15, 0.2) is 0 Å². The van der Waals surface area contributed by atoms with E-state index < -0.39 is 0 Å². The Labute approximate surface area is 130 Å². The first-order chi connectivity index (χ1) is 10.9. The second-order valence-electron chi connectivity index (χ2n) is 6.89. The van der Waals surface area contributed by atoms with Crippen molar-refractivity contribution in [2.75, 3.05) is 0 Å². The van der Waals surface area contributed by atoms with Gasteiger partial charge in [-0.15, -0.1) is 0 Å². The Morgan fingerprint density at radius 1 is 0.682 bits per heavy atom. The molecule has 0 aromatic heterocycles. The fourth-order valence-electron chi connectivity index (χ4n) is 5.50. The van der Waals surface area contributed by atoms with Crippen molar-refractivity contribution in [2.45, 2.75) is 24.2 Å². The maximum atomic E-state index is 2.38. The zero-order chi connectivity index (χ0) is 14.3. The summed E-state index contributed by atoms with van der Waals surface area (Å²) in [6, 6.07) is 25.3. The standard InChI is InChI=1S/C22H16/c1-3-10-18-15(7-1)20-16-8-2-4-11-19(16)22(18)13-12-14-6-5-9-17(20)21(14)22/h1-11,20H,12-13H2. The third kappa shape index (κ3) is 1.01. The summed E-state index contributed by atoms with van der Waals surface area (Å²) in [5.74, 6) is 0.433. The van der Waals surface area contributed by atoms with Crippen LogP contribution in [-0.2, 0) is 11.8 Å². The molecule has 0 radical (unpaired) electrons. The van der Waals surface area contributed by atoms with Crippen LogP contribution >= 0.6 is 0 Å². The lowest BCUT2D eigenvalue weighted by Gasteiger charge is -2.49. The molecule has 0 amide bonds. The topological polar surface area (TPSA) is 0 Å². The minimum atomic E-state index is 0.119. The van der Waals surface area contributed by atoms with Gasteiger partial charge in [0.05, 0.1) is 0 Å². The molecule has 2 bridgehead atoms. The van der Waals surface area contributed by atoms with Crippen molar-refractivity contribution in [2.24, 2.45) is 0 Å². The number of hydrogen-bond acceptors (Lipinski definition) is 0. The molecule has 0 nitrogen and oxygen atoms in total. The SMILES string of the molecule is c1ccc2c(c1)C1c3ccccc3C23CCc2cccc1c23. The van der Waals surface area contributed by atoms with Crippen molar-refractivity contribution in [1.29, 1.82) is 0 Å². The Bertz CT molecular complexity index is 900. The Morgan fingerprint density at radius 2 is 1.32 bits per heavy atom. The van der Waals surface area contributed by atoms with E-state index in [0.717, 1.165) is 0 Å². The van der Waals surface area contributed by atoms with Gasteiger partial charge in [-0.05, 0) is 51.8 Å². The highest BCUT2D eigenvalue weighted by Crippen LogP contribution is 2.63. The number of rotatable bonds is 0. The minimum absolute atomic E-state index is 0.119. The maximum absolute atomic E-state index is 2.38. The first kappa shape index (κ1) is 11.3. The van der Waals surface area contributed by atoms with Gasteiger partial charge in [0, 0.05) is 11.3 Å². The largest absolute Gasteiger partial charge is 0.0619 e. The monoisotopic (exact) mass is 280 g/mol. The summed E-state index contributed by atoms with van der Waals surface area (Å²) in [6.07, 6.45) is 2.43. The molecule has 1 spiro atoms. The van der Waals surface area contributed by atoms with Crippen LogP contribution in [0.1, 0.15) is 51.3 Å². The summed E-state index contributed by atoms with van der Waals surface area (Å²) in [4.78, 5) is 0. The molecular weight excluding hydrogens is 264 g/mol. The molecule has 0 unspecified atom stereocenters. The third-order valence-electron chi connectivity index (χ3n) is 6.15. The molecule has 3 aromatic carbocycles. The van der Waals surface area contributed by atoms with Gasteiger partial charge in [-0.1, -0.05) is 66.7 Å². The second kappa shape index (κ2) is 3.52. The van der Waals surface area contributed by atoms with Crippen LogP contribution in [0.15, 0.2) is 66.7 Å². The fraction of sp³-hybridized carbons (Fsp3) is 0.182. The molecule has 3 aromatic rings. The van der Waals surface area contributed by atoms with Crippen LogP contribution in [0.2, 0.25) is 0 Å². The van der Waals surface area contributed by atoms with Gasteiger partial charge in [0.1, 0.15) is 0 Å². The zero-order valence-corrected chi connectivity index (χ0v) is 12.3. The molecule has 0 saturated carbocycles. The summed E-state index contributed by atoms with van der Waals surface area (Å²) >= 11 is 0. The van der Waals surface area contributed by atoms with Gasteiger partial charge in [0.2, 0.25) is 0 Å². The first-order valence-corrected chi connectivity index (χ1v) is 8.22. The van der Waals surface area contributed by atoms with Crippen LogP contribution in [0, 0.1) is 0 Å². The van der Waals surface area contributed by atoms with E-state index in [1.165, 1.54) is 24.0 Å². The predicted octanol–water partition coefficient (Wildman–Crippen LogP) is 4.77.